The Morgan fingerprint density at radius 2 is 1.09 bits per heavy atom. The van der Waals surface area contributed by atoms with E-state index < -0.39 is 98.4 Å². The molecule has 0 aromatic rings. The predicted molar refractivity (Wildman–Crippen MR) is 107 cm³/mol. The van der Waals surface area contributed by atoms with Gasteiger partial charge >= 0.3 is 5.97 Å². The van der Waals surface area contributed by atoms with Crippen molar-refractivity contribution in [2.45, 2.75) is 24.9 Å². The molecule has 0 aliphatic rings. The maximum atomic E-state index is 12.1. The molecule has 0 aromatic carbocycles. The smallest absolute Gasteiger partial charge is 0.322 e. The van der Waals surface area contributed by atoms with Crippen molar-refractivity contribution in [1.82, 2.24) is 26.6 Å². The van der Waals surface area contributed by atoms with E-state index in [1.807, 2.05) is 5.32 Å². The maximum absolute atomic E-state index is 12.1. The van der Waals surface area contributed by atoms with Crippen molar-refractivity contribution < 1.29 is 43.5 Å². The summed E-state index contributed by atoms with van der Waals surface area (Å²) in [6.07, 6.45) is -1.06. The molecule has 17 heteroatoms. The minimum absolute atomic E-state index is 0.430. The second-order valence-electron chi connectivity index (χ2n) is 6.45. The first-order chi connectivity index (χ1) is 15.3. The number of carbonyl (C=O) groups is 8. The lowest BCUT2D eigenvalue weighted by Crippen LogP contribution is -2.53. The van der Waals surface area contributed by atoms with Gasteiger partial charge in [-0.1, -0.05) is 0 Å². The van der Waals surface area contributed by atoms with Crippen molar-refractivity contribution in [3.8, 4) is 0 Å². The van der Waals surface area contributed by atoms with Crippen LogP contribution in [0.25, 0.3) is 0 Å². The zero-order valence-corrected chi connectivity index (χ0v) is 17.3. The van der Waals surface area contributed by atoms with Crippen LogP contribution in [0.1, 0.15) is 12.8 Å². The van der Waals surface area contributed by atoms with Gasteiger partial charge in [0.05, 0.1) is 38.5 Å². The molecule has 17 nitrogen and oxygen atoms in total. The zero-order chi connectivity index (χ0) is 25.6. The van der Waals surface area contributed by atoms with Gasteiger partial charge in [-0.05, 0) is 0 Å². The molecule has 0 saturated heterocycles. The number of hydrogen-bond donors (Lipinski definition) is 9. The maximum Gasteiger partial charge on any atom is 0.322 e. The van der Waals surface area contributed by atoms with E-state index >= 15 is 0 Å². The van der Waals surface area contributed by atoms with Crippen LogP contribution in [0.5, 0.6) is 0 Å². The summed E-state index contributed by atoms with van der Waals surface area (Å²) in [4.78, 5) is 91.0. The molecule has 0 aliphatic carbocycles. The molecule has 0 unspecified atom stereocenters. The van der Waals surface area contributed by atoms with Crippen LogP contribution in [0, 0.1) is 0 Å². The average molecular weight is 474 g/mol. The summed E-state index contributed by atoms with van der Waals surface area (Å²) >= 11 is 0. The van der Waals surface area contributed by atoms with Crippen LogP contribution in [0.4, 0.5) is 0 Å². The summed E-state index contributed by atoms with van der Waals surface area (Å²) in [5.74, 6) is -7.40. The number of nitrogens with two attached hydrogens (primary N) is 3. The highest BCUT2D eigenvalue weighted by atomic mass is 16.4. The van der Waals surface area contributed by atoms with Crippen LogP contribution < -0.4 is 43.8 Å². The van der Waals surface area contributed by atoms with Gasteiger partial charge in [0.1, 0.15) is 12.6 Å². The summed E-state index contributed by atoms with van der Waals surface area (Å²) in [6, 6.07) is -2.73. The molecule has 0 fully saturated rings. The molecule has 12 N–H and O–H groups in total. The minimum Gasteiger partial charge on any atom is -0.480 e. The van der Waals surface area contributed by atoms with Crippen LogP contribution in [-0.2, 0) is 38.4 Å². The van der Waals surface area contributed by atoms with Crippen molar-refractivity contribution in [3.63, 3.8) is 0 Å². The van der Waals surface area contributed by atoms with E-state index in [2.05, 4.69) is 21.3 Å². The number of primary amides is 2. The summed E-state index contributed by atoms with van der Waals surface area (Å²) in [5, 5.41) is 18.9. The van der Waals surface area contributed by atoms with Crippen molar-refractivity contribution >= 4 is 47.3 Å². The van der Waals surface area contributed by atoms with Crippen LogP contribution in [-0.4, -0.2) is 90.7 Å². The van der Waals surface area contributed by atoms with Gasteiger partial charge < -0.3 is 48.9 Å². The summed E-state index contributed by atoms with van der Waals surface area (Å²) in [5.41, 5.74) is 15.3. The fourth-order valence-corrected chi connectivity index (χ4v) is 2.03. The first kappa shape index (κ1) is 28.7. The SMILES string of the molecule is NC(=O)C[C@H](NC(=O)CNC(=O)CNC(=O)[C@@H](N)CC(N)=O)C(=O)NCC(=O)NCC(=O)O. The standard InChI is InChI=1S/C16H26N8O9/c17-7(1-9(18)25)15(32)22-3-11(27)20-5-13(29)24-8(2-10(19)26)16(33)23-4-12(28)21-6-14(30)31/h7-8H,1-6,17H2,(H2,18,25)(H2,19,26)(H,20,27)(H,21,28)(H,22,32)(H,23,33)(H,24,29)(H,30,31)/t7-,8-/m0/s1. The first-order valence-electron chi connectivity index (χ1n) is 9.24. The lowest BCUT2D eigenvalue weighted by molar-refractivity contribution is -0.138. The topological polar surface area (TPSA) is 295 Å². The van der Waals surface area contributed by atoms with Crippen molar-refractivity contribution in [2.75, 3.05) is 26.2 Å². The van der Waals surface area contributed by atoms with E-state index in [4.69, 9.17) is 22.3 Å². The highest BCUT2D eigenvalue weighted by Crippen LogP contribution is 1.92. The minimum atomic E-state index is -1.48. The molecule has 0 spiro atoms. The van der Waals surface area contributed by atoms with E-state index in [9.17, 15) is 38.4 Å². The third-order valence-corrected chi connectivity index (χ3v) is 3.54. The van der Waals surface area contributed by atoms with E-state index in [0.29, 0.717) is 0 Å². The second kappa shape index (κ2) is 14.7. The van der Waals surface area contributed by atoms with Crippen molar-refractivity contribution in [3.05, 3.63) is 0 Å². The highest BCUT2D eigenvalue weighted by Gasteiger charge is 2.24. The van der Waals surface area contributed by atoms with Gasteiger partial charge in [-0.2, -0.15) is 0 Å². The summed E-state index contributed by atoms with van der Waals surface area (Å²) < 4.78 is 0. The van der Waals surface area contributed by atoms with Crippen LogP contribution in [0.2, 0.25) is 0 Å². The van der Waals surface area contributed by atoms with Gasteiger partial charge in [0.25, 0.3) is 0 Å². The molecule has 0 radical (unpaired) electrons. The molecule has 0 heterocycles. The Morgan fingerprint density at radius 1 is 0.636 bits per heavy atom. The quantitative estimate of drug-likeness (QED) is 0.108. The molecule has 0 aromatic heterocycles. The van der Waals surface area contributed by atoms with E-state index in [-0.39, 0.29) is 0 Å². The molecule has 7 amide bonds. The Morgan fingerprint density at radius 3 is 1.58 bits per heavy atom. The largest absolute Gasteiger partial charge is 0.480 e. The Kier molecular flexibility index (Phi) is 12.8. The Labute approximate surface area is 186 Å². The van der Waals surface area contributed by atoms with Crippen LogP contribution in [0.15, 0.2) is 0 Å². The number of carbonyl (C=O) groups excluding carboxylic acids is 7. The lowest BCUT2D eigenvalue weighted by atomic mass is 10.2. The highest BCUT2D eigenvalue weighted by molar-refractivity contribution is 5.95. The Bertz CT molecular complexity index is 801. The number of amides is 7. The Hall–Kier alpha value is -4.28. The number of nitrogens with one attached hydrogen (secondary N) is 5. The first-order valence-corrected chi connectivity index (χ1v) is 9.24. The van der Waals surface area contributed by atoms with Gasteiger partial charge in [-0.25, -0.2) is 0 Å². The number of carboxylic acid groups (broad SMARTS) is 1. The summed E-state index contributed by atoms with van der Waals surface area (Å²) in [7, 11) is 0. The van der Waals surface area contributed by atoms with Crippen LogP contribution in [0.3, 0.4) is 0 Å². The van der Waals surface area contributed by atoms with Crippen LogP contribution >= 0.6 is 0 Å². The second-order valence-corrected chi connectivity index (χ2v) is 6.45. The van der Waals surface area contributed by atoms with E-state index in [1.165, 1.54) is 0 Å². The normalized spacial score (nSPS) is 11.8. The van der Waals surface area contributed by atoms with Gasteiger partial charge in [0, 0.05) is 0 Å². The number of rotatable bonds is 15. The van der Waals surface area contributed by atoms with Gasteiger partial charge in [0.2, 0.25) is 41.4 Å². The molecule has 0 rings (SSSR count). The number of aliphatic carboxylic acids is 1. The van der Waals surface area contributed by atoms with E-state index in [0.717, 1.165) is 0 Å². The van der Waals surface area contributed by atoms with E-state index in [1.54, 1.807) is 0 Å². The fourth-order valence-electron chi connectivity index (χ4n) is 2.03. The molecule has 0 bridgehead atoms. The Balaban J connectivity index is 4.55. The number of carboxylic acids is 1. The van der Waals surface area contributed by atoms with Crippen molar-refractivity contribution in [1.29, 1.82) is 0 Å². The molecular formula is C16H26N8O9. The predicted octanol–water partition coefficient (Wildman–Crippen LogP) is -6.90. The fraction of sp³-hybridized carbons (Fsp3) is 0.500. The monoisotopic (exact) mass is 474 g/mol. The molecule has 184 valence electrons. The third kappa shape index (κ3) is 14.4. The van der Waals surface area contributed by atoms with Gasteiger partial charge in [-0.3, -0.25) is 38.4 Å². The molecular weight excluding hydrogens is 448 g/mol. The van der Waals surface area contributed by atoms with Gasteiger partial charge in [-0.15, -0.1) is 0 Å². The third-order valence-electron chi connectivity index (χ3n) is 3.54. The molecule has 2 atom stereocenters. The van der Waals surface area contributed by atoms with Gasteiger partial charge in [0.15, 0.2) is 0 Å². The molecule has 0 aliphatic heterocycles. The zero-order valence-electron chi connectivity index (χ0n) is 17.3. The molecule has 0 saturated carbocycles. The average Bonchev–Trinajstić information content (AvgIpc) is 2.71. The van der Waals surface area contributed by atoms with Crippen molar-refractivity contribution in [2.24, 2.45) is 17.2 Å². The number of hydrogen-bond acceptors (Lipinski definition) is 9. The molecule has 33 heavy (non-hydrogen) atoms. The summed E-state index contributed by atoms with van der Waals surface area (Å²) in [6.45, 7) is -2.53. The lowest BCUT2D eigenvalue weighted by Gasteiger charge is -2.17.